The van der Waals surface area contributed by atoms with Crippen LogP contribution in [-0.2, 0) is 10.4 Å². The minimum Gasteiger partial charge on any atom is -0.383 e. The molecule has 25 heavy (non-hydrogen) atoms. The third-order valence-corrected chi connectivity index (χ3v) is 6.87. The topological polar surface area (TPSA) is 21.6 Å². The van der Waals surface area contributed by atoms with Crippen LogP contribution in [0.2, 0.25) is 0 Å². The first-order valence-electron chi connectivity index (χ1n) is 9.33. The first-order chi connectivity index (χ1) is 12.4. The molecule has 3 heteroatoms. The monoisotopic (exact) mass is 351 g/mol. The molecule has 130 valence electrons. The molecule has 1 aliphatic heterocycles. The van der Waals surface area contributed by atoms with Crippen LogP contribution in [0.3, 0.4) is 0 Å². The van der Waals surface area contributed by atoms with Crippen LogP contribution in [0.15, 0.2) is 65.8 Å². The van der Waals surface area contributed by atoms with Crippen molar-refractivity contribution in [1.29, 1.82) is 0 Å². The standard InChI is InChI=1S/C22H25NOS/c1-4-10-18(11-5-1)21-16-22(24-23-21,19-12-6-2-7-13-19)17-25-20-14-8-3-9-15-20/h1-2,4-7,10-13,20H,3,8-9,14-17H2/t22-/m1/s1. The Kier molecular flexibility index (Phi) is 5.12. The van der Waals surface area contributed by atoms with Gasteiger partial charge in [0.15, 0.2) is 5.60 Å². The van der Waals surface area contributed by atoms with E-state index in [9.17, 15) is 0 Å². The second kappa shape index (κ2) is 7.65. The van der Waals surface area contributed by atoms with Gasteiger partial charge in [0, 0.05) is 17.4 Å². The Labute approximate surface area is 154 Å². The minimum absolute atomic E-state index is 0.325. The third kappa shape index (κ3) is 3.77. The van der Waals surface area contributed by atoms with E-state index in [0.717, 1.165) is 23.1 Å². The van der Waals surface area contributed by atoms with Gasteiger partial charge in [-0.3, -0.25) is 0 Å². The normalized spacial score (nSPS) is 23.9. The maximum atomic E-state index is 6.15. The van der Waals surface area contributed by atoms with Crippen molar-refractivity contribution in [3.63, 3.8) is 0 Å². The predicted octanol–water partition coefficient (Wildman–Crippen LogP) is 5.77. The van der Waals surface area contributed by atoms with E-state index in [1.807, 2.05) is 6.07 Å². The molecule has 1 saturated carbocycles. The summed E-state index contributed by atoms with van der Waals surface area (Å²) in [6, 6.07) is 21.1. The van der Waals surface area contributed by atoms with Gasteiger partial charge in [-0.25, -0.2) is 0 Å². The molecule has 1 atom stereocenters. The molecule has 1 heterocycles. The summed E-state index contributed by atoms with van der Waals surface area (Å²) >= 11 is 2.09. The number of hydrogen-bond donors (Lipinski definition) is 0. The first-order valence-corrected chi connectivity index (χ1v) is 10.4. The molecule has 0 radical (unpaired) electrons. The smallest absolute Gasteiger partial charge is 0.177 e. The average Bonchev–Trinajstić information content (AvgIpc) is 3.14. The van der Waals surface area contributed by atoms with Crippen molar-refractivity contribution in [3.8, 4) is 0 Å². The van der Waals surface area contributed by atoms with E-state index in [4.69, 9.17) is 4.84 Å². The van der Waals surface area contributed by atoms with Crippen LogP contribution in [0.25, 0.3) is 0 Å². The fourth-order valence-electron chi connectivity index (χ4n) is 3.80. The molecule has 1 aliphatic carbocycles. The zero-order valence-corrected chi connectivity index (χ0v) is 15.4. The lowest BCUT2D eigenvalue weighted by Gasteiger charge is -2.30. The van der Waals surface area contributed by atoms with Crippen molar-refractivity contribution in [2.24, 2.45) is 5.16 Å². The van der Waals surface area contributed by atoms with Crippen LogP contribution in [0.4, 0.5) is 0 Å². The lowest BCUT2D eigenvalue weighted by Crippen LogP contribution is -2.30. The summed E-state index contributed by atoms with van der Waals surface area (Å²) in [6.07, 6.45) is 7.70. The second-order valence-corrected chi connectivity index (χ2v) is 8.39. The van der Waals surface area contributed by atoms with E-state index in [1.54, 1.807) is 0 Å². The van der Waals surface area contributed by atoms with Gasteiger partial charge in [0.1, 0.15) is 0 Å². The lowest BCUT2D eigenvalue weighted by atomic mass is 9.89. The van der Waals surface area contributed by atoms with Crippen LogP contribution in [0, 0.1) is 0 Å². The summed E-state index contributed by atoms with van der Waals surface area (Å²) in [7, 11) is 0. The van der Waals surface area contributed by atoms with Gasteiger partial charge in [-0.1, -0.05) is 85.1 Å². The molecule has 4 rings (SSSR count). The molecule has 1 fully saturated rings. The van der Waals surface area contributed by atoms with Crippen LogP contribution in [0.1, 0.15) is 49.7 Å². The van der Waals surface area contributed by atoms with Crippen LogP contribution in [0.5, 0.6) is 0 Å². The van der Waals surface area contributed by atoms with Gasteiger partial charge in [0.05, 0.1) is 5.71 Å². The molecular formula is C22H25NOS. The van der Waals surface area contributed by atoms with E-state index in [1.165, 1.54) is 43.2 Å². The predicted molar refractivity (Wildman–Crippen MR) is 106 cm³/mol. The van der Waals surface area contributed by atoms with E-state index in [0.29, 0.717) is 0 Å². The lowest BCUT2D eigenvalue weighted by molar-refractivity contribution is -0.00328. The summed E-state index contributed by atoms with van der Waals surface area (Å²) < 4.78 is 0. The van der Waals surface area contributed by atoms with Crippen molar-refractivity contribution in [2.75, 3.05) is 5.75 Å². The Morgan fingerprint density at radius 3 is 2.32 bits per heavy atom. The molecule has 0 saturated heterocycles. The van der Waals surface area contributed by atoms with Gasteiger partial charge in [-0.2, -0.15) is 11.8 Å². The summed E-state index contributed by atoms with van der Waals surface area (Å²) in [6.45, 7) is 0. The van der Waals surface area contributed by atoms with Crippen molar-refractivity contribution >= 4 is 17.5 Å². The van der Waals surface area contributed by atoms with E-state index in [2.05, 4.69) is 71.5 Å². The SMILES string of the molecule is c1ccc(C2=NO[C@](CSC3CCCCC3)(c3ccccc3)C2)cc1. The zero-order valence-electron chi connectivity index (χ0n) is 14.6. The van der Waals surface area contributed by atoms with Gasteiger partial charge in [-0.05, 0) is 24.0 Å². The highest BCUT2D eigenvalue weighted by Gasteiger charge is 2.41. The highest BCUT2D eigenvalue weighted by Crippen LogP contribution is 2.41. The fraction of sp³-hybridized carbons (Fsp3) is 0.409. The second-order valence-electron chi connectivity index (χ2n) is 7.10. The number of thioether (sulfide) groups is 1. The number of benzene rings is 2. The molecule has 2 nitrogen and oxygen atoms in total. The van der Waals surface area contributed by atoms with E-state index in [-0.39, 0.29) is 5.60 Å². The summed E-state index contributed by atoms with van der Waals surface area (Å²) in [5.74, 6) is 0.974. The Balaban J connectivity index is 1.54. The van der Waals surface area contributed by atoms with Gasteiger partial charge in [0.25, 0.3) is 0 Å². The number of hydrogen-bond acceptors (Lipinski definition) is 3. The molecule has 2 aromatic rings. The van der Waals surface area contributed by atoms with Crippen molar-refractivity contribution < 1.29 is 4.84 Å². The van der Waals surface area contributed by atoms with Crippen LogP contribution < -0.4 is 0 Å². The van der Waals surface area contributed by atoms with Gasteiger partial charge in [-0.15, -0.1) is 0 Å². The Morgan fingerprint density at radius 1 is 0.920 bits per heavy atom. The first kappa shape index (κ1) is 16.7. The Bertz CT molecular complexity index is 709. The summed E-state index contributed by atoms with van der Waals surface area (Å²) in [5, 5.41) is 5.28. The van der Waals surface area contributed by atoms with Crippen molar-refractivity contribution in [3.05, 3.63) is 71.8 Å². The molecule has 2 aliphatic rings. The van der Waals surface area contributed by atoms with Crippen LogP contribution in [-0.4, -0.2) is 16.7 Å². The Morgan fingerprint density at radius 2 is 1.60 bits per heavy atom. The van der Waals surface area contributed by atoms with Crippen LogP contribution >= 0.6 is 11.8 Å². The average molecular weight is 352 g/mol. The fourth-order valence-corrected chi connectivity index (χ4v) is 5.30. The summed E-state index contributed by atoms with van der Waals surface area (Å²) in [4.78, 5) is 6.15. The van der Waals surface area contributed by atoms with Gasteiger partial charge < -0.3 is 4.84 Å². The number of rotatable bonds is 5. The molecule has 0 amide bonds. The third-order valence-electron chi connectivity index (χ3n) is 5.29. The van der Waals surface area contributed by atoms with Gasteiger partial charge in [0.2, 0.25) is 0 Å². The molecule has 0 unspecified atom stereocenters. The highest BCUT2D eigenvalue weighted by molar-refractivity contribution is 7.99. The van der Waals surface area contributed by atoms with E-state index >= 15 is 0 Å². The van der Waals surface area contributed by atoms with Gasteiger partial charge >= 0.3 is 0 Å². The molecular weight excluding hydrogens is 326 g/mol. The molecule has 2 aromatic carbocycles. The molecule has 0 bridgehead atoms. The van der Waals surface area contributed by atoms with Crippen molar-refractivity contribution in [2.45, 2.75) is 49.4 Å². The molecule has 0 aromatic heterocycles. The number of nitrogens with zero attached hydrogens (tertiary/aromatic N) is 1. The number of oxime groups is 1. The van der Waals surface area contributed by atoms with Crippen molar-refractivity contribution in [1.82, 2.24) is 0 Å². The zero-order chi connectivity index (χ0) is 17.0. The highest BCUT2D eigenvalue weighted by atomic mass is 32.2. The maximum Gasteiger partial charge on any atom is 0.177 e. The largest absolute Gasteiger partial charge is 0.383 e. The van der Waals surface area contributed by atoms with E-state index < -0.39 is 0 Å². The molecule has 0 spiro atoms. The Hall–Kier alpha value is -1.74. The minimum atomic E-state index is -0.325. The maximum absolute atomic E-state index is 6.15. The quantitative estimate of drug-likeness (QED) is 0.682. The summed E-state index contributed by atoms with van der Waals surface area (Å²) in [5.41, 5.74) is 3.15. The molecule has 0 N–H and O–H groups in total.